The molecule has 0 spiro atoms. The van der Waals surface area contributed by atoms with Crippen LogP contribution < -0.4 is 10.6 Å². The first kappa shape index (κ1) is 21.5. The van der Waals surface area contributed by atoms with Gasteiger partial charge in [-0.25, -0.2) is 4.79 Å². The average Bonchev–Trinajstić information content (AvgIpc) is 3.13. The lowest BCUT2D eigenvalue weighted by Gasteiger charge is -2.20. The number of ether oxygens (including phenoxy) is 1. The van der Waals surface area contributed by atoms with Crippen LogP contribution in [0, 0.1) is 0 Å². The fourth-order valence-corrected chi connectivity index (χ4v) is 3.92. The van der Waals surface area contributed by atoms with E-state index in [1.165, 1.54) is 0 Å². The molecule has 0 radical (unpaired) electrons. The Balaban J connectivity index is 1.76. The van der Waals surface area contributed by atoms with Crippen LogP contribution in [0.2, 0.25) is 10.0 Å². The molecule has 2 aromatic carbocycles. The molecule has 3 rings (SSSR count). The summed E-state index contributed by atoms with van der Waals surface area (Å²) in [6.07, 6.45) is 3.76. The van der Waals surface area contributed by atoms with E-state index < -0.39 is 0 Å². The highest BCUT2D eigenvalue weighted by Gasteiger charge is 2.21. The maximum atomic E-state index is 12.3. The van der Waals surface area contributed by atoms with Gasteiger partial charge in [0.2, 0.25) is 0 Å². The summed E-state index contributed by atoms with van der Waals surface area (Å²) in [5.41, 5.74) is 3.03. The molecule has 1 unspecified atom stereocenters. The van der Waals surface area contributed by atoms with Crippen molar-refractivity contribution in [3.8, 4) is 0 Å². The minimum atomic E-state index is -0.197. The number of carbonyl (C=O) groups excluding carboxylic acids is 1. The van der Waals surface area contributed by atoms with Gasteiger partial charge in [-0.3, -0.25) is 0 Å². The van der Waals surface area contributed by atoms with Gasteiger partial charge in [-0.1, -0.05) is 47.5 Å². The molecule has 0 saturated carbocycles. The lowest BCUT2D eigenvalue weighted by Crippen LogP contribution is -2.38. The predicted octanol–water partition coefficient (Wildman–Crippen LogP) is 5.33. The van der Waals surface area contributed by atoms with E-state index in [1.807, 2.05) is 36.5 Å². The molecule has 3 N–H and O–H groups in total. The maximum Gasteiger partial charge on any atom is 0.314 e. The van der Waals surface area contributed by atoms with Gasteiger partial charge in [-0.15, -0.1) is 0 Å². The minimum Gasteiger partial charge on any atom is -0.385 e. The van der Waals surface area contributed by atoms with Gasteiger partial charge in [0, 0.05) is 59.9 Å². The molecular weight excluding hydrogens is 409 g/mol. The van der Waals surface area contributed by atoms with E-state index in [0.29, 0.717) is 29.7 Å². The van der Waals surface area contributed by atoms with Gasteiger partial charge in [-0.2, -0.15) is 0 Å². The number of halogens is 2. The van der Waals surface area contributed by atoms with Crippen molar-refractivity contribution in [2.45, 2.75) is 18.8 Å². The molecule has 0 bridgehead atoms. The number of benzene rings is 2. The predicted molar refractivity (Wildman–Crippen MR) is 119 cm³/mol. The molecule has 2 amide bonds. The van der Waals surface area contributed by atoms with Crippen molar-refractivity contribution in [2.75, 3.05) is 26.8 Å². The van der Waals surface area contributed by atoms with Gasteiger partial charge in [-0.05, 0) is 42.2 Å². The standard InChI is InChI=1S/C22H25Cl2N3O2/c1-29-11-5-4-10-25-22(28)27-14-18(16-9-8-15(23)12-20(16)24)19-13-26-21-7-3-2-6-17(19)21/h2-3,6-9,12-13,18,26H,4-5,10-11,14H2,1H3,(H2,25,27,28). The first-order valence-corrected chi connectivity index (χ1v) is 10.4. The van der Waals surface area contributed by atoms with Crippen LogP contribution in [-0.2, 0) is 4.74 Å². The zero-order chi connectivity index (χ0) is 20.6. The van der Waals surface area contributed by atoms with Crippen molar-refractivity contribution >= 4 is 40.1 Å². The van der Waals surface area contributed by atoms with Gasteiger partial charge in [0.25, 0.3) is 0 Å². The second kappa shape index (κ2) is 10.5. The number of urea groups is 1. The fourth-order valence-electron chi connectivity index (χ4n) is 3.38. The Labute approximate surface area is 180 Å². The number of fused-ring (bicyclic) bond motifs is 1. The number of rotatable bonds is 9. The first-order valence-electron chi connectivity index (χ1n) is 9.61. The van der Waals surface area contributed by atoms with Gasteiger partial charge >= 0.3 is 6.03 Å². The highest BCUT2D eigenvalue weighted by Crippen LogP contribution is 2.35. The number of para-hydroxylation sites is 1. The van der Waals surface area contributed by atoms with Crippen molar-refractivity contribution < 1.29 is 9.53 Å². The van der Waals surface area contributed by atoms with E-state index in [9.17, 15) is 4.79 Å². The number of hydrogen-bond acceptors (Lipinski definition) is 2. The molecule has 1 heterocycles. The van der Waals surface area contributed by atoms with Crippen LogP contribution in [-0.4, -0.2) is 37.8 Å². The average molecular weight is 434 g/mol. The second-order valence-electron chi connectivity index (χ2n) is 6.84. The van der Waals surface area contributed by atoms with Crippen LogP contribution in [0.3, 0.4) is 0 Å². The number of nitrogens with one attached hydrogen (secondary N) is 3. The van der Waals surface area contributed by atoms with Crippen LogP contribution in [0.5, 0.6) is 0 Å². The lowest BCUT2D eigenvalue weighted by atomic mass is 9.91. The number of aromatic nitrogens is 1. The molecule has 0 saturated heterocycles. The van der Waals surface area contributed by atoms with Gasteiger partial charge in [0.05, 0.1) is 0 Å². The summed E-state index contributed by atoms with van der Waals surface area (Å²) < 4.78 is 5.02. The summed E-state index contributed by atoms with van der Waals surface area (Å²) in [6.45, 7) is 1.71. The fraction of sp³-hybridized carbons (Fsp3) is 0.318. The molecule has 0 aliphatic carbocycles. The Morgan fingerprint density at radius 3 is 2.72 bits per heavy atom. The lowest BCUT2D eigenvalue weighted by molar-refractivity contribution is 0.192. The Morgan fingerprint density at radius 1 is 1.10 bits per heavy atom. The van der Waals surface area contributed by atoms with Gasteiger partial charge in [0.15, 0.2) is 0 Å². The van der Waals surface area contributed by atoms with E-state index in [2.05, 4.69) is 21.7 Å². The van der Waals surface area contributed by atoms with E-state index >= 15 is 0 Å². The molecule has 29 heavy (non-hydrogen) atoms. The second-order valence-corrected chi connectivity index (χ2v) is 7.69. The molecule has 0 aliphatic heterocycles. The van der Waals surface area contributed by atoms with E-state index in [4.69, 9.17) is 27.9 Å². The zero-order valence-corrected chi connectivity index (χ0v) is 17.8. The Hall–Kier alpha value is -2.21. The summed E-state index contributed by atoms with van der Waals surface area (Å²) in [6, 6.07) is 13.4. The van der Waals surface area contributed by atoms with Crippen molar-refractivity contribution in [1.29, 1.82) is 0 Å². The molecule has 1 atom stereocenters. The van der Waals surface area contributed by atoms with Crippen molar-refractivity contribution in [3.63, 3.8) is 0 Å². The van der Waals surface area contributed by atoms with E-state index in [0.717, 1.165) is 34.9 Å². The number of H-pyrrole nitrogens is 1. The molecule has 154 valence electrons. The van der Waals surface area contributed by atoms with Crippen molar-refractivity contribution in [1.82, 2.24) is 15.6 Å². The highest BCUT2D eigenvalue weighted by atomic mass is 35.5. The number of unbranched alkanes of at least 4 members (excludes halogenated alkanes) is 1. The monoisotopic (exact) mass is 433 g/mol. The number of amides is 2. The summed E-state index contributed by atoms with van der Waals surface area (Å²) in [5.74, 6) is -0.116. The molecule has 1 aromatic heterocycles. The Kier molecular flexibility index (Phi) is 7.81. The summed E-state index contributed by atoms with van der Waals surface area (Å²) >= 11 is 12.6. The third-order valence-corrected chi connectivity index (χ3v) is 5.42. The van der Waals surface area contributed by atoms with Crippen LogP contribution in [0.1, 0.15) is 29.9 Å². The number of methoxy groups -OCH3 is 1. The molecule has 0 fully saturated rings. The van der Waals surface area contributed by atoms with Crippen LogP contribution in [0.25, 0.3) is 10.9 Å². The normalized spacial score (nSPS) is 12.1. The largest absolute Gasteiger partial charge is 0.385 e. The summed E-state index contributed by atoms with van der Waals surface area (Å²) in [7, 11) is 1.67. The van der Waals surface area contributed by atoms with Crippen molar-refractivity contribution in [2.24, 2.45) is 0 Å². The quantitative estimate of drug-likeness (QED) is 0.399. The summed E-state index contributed by atoms with van der Waals surface area (Å²) in [5, 5.41) is 8.13. The highest BCUT2D eigenvalue weighted by molar-refractivity contribution is 6.35. The minimum absolute atomic E-state index is 0.116. The van der Waals surface area contributed by atoms with E-state index in [1.54, 1.807) is 13.2 Å². The Morgan fingerprint density at radius 2 is 1.93 bits per heavy atom. The third-order valence-electron chi connectivity index (χ3n) is 4.86. The third kappa shape index (κ3) is 5.66. The summed E-state index contributed by atoms with van der Waals surface area (Å²) in [4.78, 5) is 15.6. The first-order chi connectivity index (χ1) is 14.1. The van der Waals surface area contributed by atoms with E-state index in [-0.39, 0.29) is 11.9 Å². The Bertz CT molecular complexity index is 958. The molecule has 7 heteroatoms. The molecule has 5 nitrogen and oxygen atoms in total. The van der Waals surface area contributed by atoms with Crippen molar-refractivity contribution in [3.05, 3.63) is 69.8 Å². The topological polar surface area (TPSA) is 66.2 Å². The zero-order valence-electron chi connectivity index (χ0n) is 16.3. The van der Waals surface area contributed by atoms with Gasteiger partial charge in [0.1, 0.15) is 0 Å². The SMILES string of the molecule is COCCCCNC(=O)NCC(c1ccc(Cl)cc1Cl)c1c[nH]c2ccccc12. The molecule has 3 aromatic rings. The van der Waals surface area contributed by atoms with Gasteiger partial charge < -0.3 is 20.4 Å². The molecule has 0 aliphatic rings. The maximum absolute atomic E-state index is 12.3. The van der Waals surface area contributed by atoms with Crippen LogP contribution >= 0.6 is 23.2 Å². The molecular formula is C22H25Cl2N3O2. The number of aromatic amines is 1. The number of hydrogen-bond donors (Lipinski definition) is 3. The van der Waals surface area contributed by atoms with Crippen LogP contribution in [0.15, 0.2) is 48.7 Å². The number of carbonyl (C=O) groups is 1. The smallest absolute Gasteiger partial charge is 0.314 e. The van der Waals surface area contributed by atoms with Crippen LogP contribution in [0.4, 0.5) is 4.79 Å².